The number of nitrogens with one attached hydrogen (secondary N) is 1. The van der Waals surface area contributed by atoms with E-state index in [9.17, 15) is 0 Å². The van der Waals surface area contributed by atoms with E-state index in [1.54, 1.807) is 12.2 Å². The van der Waals surface area contributed by atoms with Crippen LogP contribution in [0.1, 0.15) is 0 Å². The Morgan fingerprint density at radius 3 is 1.79 bits per heavy atom. The molecule has 0 fully saturated rings. The topological polar surface area (TPSA) is 70.0 Å². The molecule has 0 saturated heterocycles. The molecule has 0 saturated carbocycles. The van der Waals surface area contributed by atoms with E-state index in [2.05, 4.69) is 0 Å². The van der Waals surface area contributed by atoms with Crippen molar-refractivity contribution < 1.29 is 23.7 Å². The molecule has 1 heterocycles. The summed E-state index contributed by atoms with van der Waals surface area (Å²) in [5.74, 6) is 2.59. The molecular formula is C23H25NO5. The Bertz CT molecular complexity index is 847. The third-order valence-electron chi connectivity index (χ3n) is 3.93. The molecule has 1 aliphatic rings. The number of allylic oxidation sites excluding steroid dienone is 2. The first-order valence-electron chi connectivity index (χ1n) is 9.50. The molecule has 3 rings (SSSR count). The maximum atomic E-state index is 8.00. The highest BCUT2D eigenvalue weighted by atomic mass is 16.6. The zero-order valence-corrected chi connectivity index (χ0v) is 16.2. The van der Waals surface area contributed by atoms with E-state index in [0.717, 1.165) is 0 Å². The van der Waals surface area contributed by atoms with Crippen LogP contribution in [0, 0.1) is 5.41 Å². The summed E-state index contributed by atoms with van der Waals surface area (Å²) < 4.78 is 28.6. The summed E-state index contributed by atoms with van der Waals surface area (Å²) in [4.78, 5) is 0. The van der Waals surface area contributed by atoms with Crippen LogP contribution in [0.3, 0.4) is 0 Å². The van der Waals surface area contributed by atoms with Gasteiger partial charge in [0, 0.05) is 0 Å². The summed E-state index contributed by atoms with van der Waals surface area (Å²) >= 11 is 0. The van der Waals surface area contributed by atoms with Crippen LogP contribution in [0.15, 0.2) is 72.8 Å². The molecule has 6 nitrogen and oxygen atoms in total. The third kappa shape index (κ3) is 7.01. The Morgan fingerprint density at radius 1 is 0.621 bits per heavy atom. The van der Waals surface area contributed by atoms with E-state index in [1.165, 1.54) is 0 Å². The lowest BCUT2D eigenvalue weighted by molar-refractivity contribution is 0.0748. The number of benzene rings is 2. The van der Waals surface area contributed by atoms with Gasteiger partial charge in [-0.3, -0.25) is 0 Å². The summed E-state index contributed by atoms with van der Waals surface area (Å²) in [5, 5.41) is 8.00. The van der Waals surface area contributed by atoms with Crippen LogP contribution >= 0.6 is 0 Å². The summed E-state index contributed by atoms with van der Waals surface area (Å²) in [7, 11) is 0. The van der Waals surface area contributed by atoms with Gasteiger partial charge in [-0.15, -0.1) is 0 Å². The first-order valence-corrected chi connectivity index (χ1v) is 9.50. The predicted molar refractivity (Wildman–Crippen MR) is 112 cm³/mol. The Labute approximate surface area is 170 Å². The van der Waals surface area contributed by atoms with Gasteiger partial charge in [-0.2, -0.15) is 0 Å². The smallest absolute Gasteiger partial charge is 0.161 e. The van der Waals surface area contributed by atoms with Crippen molar-refractivity contribution in [3.8, 4) is 23.0 Å². The Balaban J connectivity index is 1.64. The Morgan fingerprint density at radius 2 is 1.17 bits per heavy atom. The molecule has 6 heteroatoms. The predicted octanol–water partition coefficient (Wildman–Crippen LogP) is 4.06. The Hall–Kier alpha value is -3.25. The summed E-state index contributed by atoms with van der Waals surface area (Å²) in [6, 6.07) is 14.9. The number of ether oxygens (including phenoxy) is 5. The van der Waals surface area contributed by atoms with Crippen molar-refractivity contribution >= 4 is 5.71 Å². The maximum absolute atomic E-state index is 8.00. The SMILES string of the molecule is N=C1/C=C\C=C\COc2ccccc2OCCOCCOc2ccccc2OC1. The van der Waals surface area contributed by atoms with E-state index in [0.29, 0.717) is 61.7 Å². The molecule has 1 N–H and O–H groups in total. The molecule has 0 atom stereocenters. The number of fused-ring (bicyclic) bond motifs is 2. The van der Waals surface area contributed by atoms with Gasteiger partial charge in [0.15, 0.2) is 23.0 Å². The lowest BCUT2D eigenvalue weighted by Crippen LogP contribution is -2.13. The Kier molecular flexibility index (Phi) is 8.17. The number of hydrogen-bond acceptors (Lipinski definition) is 6. The number of rotatable bonds is 0. The molecule has 1 aliphatic heterocycles. The van der Waals surface area contributed by atoms with E-state index >= 15 is 0 Å². The van der Waals surface area contributed by atoms with E-state index in [-0.39, 0.29) is 6.61 Å². The highest BCUT2D eigenvalue weighted by Gasteiger charge is 2.06. The van der Waals surface area contributed by atoms with Gasteiger partial charge in [0.1, 0.15) is 26.4 Å². The van der Waals surface area contributed by atoms with E-state index in [1.807, 2.05) is 60.7 Å². The minimum atomic E-state index is 0.155. The number of para-hydroxylation sites is 4. The van der Waals surface area contributed by atoms with Crippen molar-refractivity contribution in [2.45, 2.75) is 0 Å². The molecule has 29 heavy (non-hydrogen) atoms. The van der Waals surface area contributed by atoms with Crippen molar-refractivity contribution in [1.29, 1.82) is 5.41 Å². The van der Waals surface area contributed by atoms with Crippen LogP contribution in [-0.4, -0.2) is 45.4 Å². The van der Waals surface area contributed by atoms with Crippen LogP contribution < -0.4 is 18.9 Å². The average molecular weight is 395 g/mol. The molecule has 0 aliphatic carbocycles. The first kappa shape index (κ1) is 20.5. The summed E-state index contributed by atoms with van der Waals surface area (Å²) in [5.41, 5.74) is 0.349. The fraction of sp³-hybridized carbons (Fsp3) is 0.261. The van der Waals surface area contributed by atoms with E-state index < -0.39 is 0 Å². The van der Waals surface area contributed by atoms with Crippen molar-refractivity contribution in [3.05, 3.63) is 72.8 Å². The van der Waals surface area contributed by atoms with E-state index in [4.69, 9.17) is 29.1 Å². The van der Waals surface area contributed by atoms with Gasteiger partial charge in [0.25, 0.3) is 0 Å². The van der Waals surface area contributed by atoms with Gasteiger partial charge < -0.3 is 29.1 Å². The van der Waals surface area contributed by atoms with Gasteiger partial charge in [0.05, 0.1) is 18.9 Å². The molecule has 0 radical (unpaired) electrons. The normalized spacial score (nSPS) is 18.4. The lowest BCUT2D eigenvalue weighted by atomic mass is 10.3. The molecule has 152 valence electrons. The zero-order valence-electron chi connectivity index (χ0n) is 16.2. The van der Waals surface area contributed by atoms with Crippen molar-refractivity contribution in [3.63, 3.8) is 0 Å². The van der Waals surface area contributed by atoms with Crippen molar-refractivity contribution in [1.82, 2.24) is 0 Å². The molecule has 0 bridgehead atoms. The average Bonchev–Trinajstić information content (AvgIpc) is 2.75. The van der Waals surface area contributed by atoms with Crippen molar-refractivity contribution in [2.75, 3.05) is 39.6 Å². The largest absolute Gasteiger partial charge is 0.487 e. The van der Waals surface area contributed by atoms with Gasteiger partial charge in [-0.05, 0) is 36.4 Å². The summed E-state index contributed by atoms with van der Waals surface area (Å²) in [6.07, 6.45) is 7.17. The molecule has 0 unspecified atom stereocenters. The number of hydrogen-bond donors (Lipinski definition) is 1. The van der Waals surface area contributed by atoms with Gasteiger partial charge >= 0.3 is 0 Å². The molecule has 0 aromatic heterocycles. The zero-order chi connectivity index (χ0) is 20.2. The summed E-state index contributed by atoms with van der Waals surface area (Å²) in [6.45, 7) is 2.23. The second kappa shape index (κ2) is 11.6. The van der Waals surface area contributed by atoms with Gasteiger partial charge in [-0.1, -0.05) is 36.4 Å². The quantitative estimate of drug-likeness (QED) is 0.728. The fourth-order valence-electron chi connectivity index (χ4n) is 2.55. The molecule has 2 aromatic rings. The van der Waals surface area contributed by atoms with Crippen molar-refractivity contribution in [2.24, 2.45) is 0 Å². The molecule has 0 amide bonds. The minimum absolute atomic E-state index is 0.155. The second-order valence-corrected chi connectivity index (χ2v) is 6.11. The highest BCUT2D eigenvalue weighted by molar-refractivity contribution is 5.93. The maximum Gasteiger partial charge on any atom is 0.161 e. The van der Waals surface area contributed by atoms with Crippen LogP contribution in [0.5, 0.6) is 23.0 Å². The van der Waals surface area contributed by atoms with Crippen LogP contribution in [-0.2, 0) is 4.74 Å². The van der Waals surface area contributed by atoms with Crippen LogP contribution in [0.25, 0.3) is 0 Å². The standard InChI is InChI=1S/C23H25NO5/c24-19-8-2-1-7-13-26-20-9-3-4-10-21(20)27-16-14-25-15-17-28-22-11-5-6-12-23(22)29-18-19/h1-12,24H,13-18H2/b7-1+,8-2-,24-19?. The second-order valence-electron chi connectivity index (χ2n) is 6.11. The van der Waals surface area contributed by atoms with Gasteiger partial charge in [0.2, 0.25) is 0 Å². The molecule has 2 aromatic carbocycles. The van der Waals surface area contributed by atoms with Gasteiger partial charge in [-0.25, -0.2) is 0 Å². The first-order chi connectivity index (χ1) is 14.3. The lowest BCUT2D eigenvalue weighted by Gasteiger charge is -2.13. The monoisotopic (exact) mass is 395 g/mol. The highest BCUT2D eigenvalue weighted by Crippen LogP contribution is 2.27. The fourth-order valence-corrected chi connectivity index (χ4v) is 2.55. The van der Waals surface area contributed by atoms with Crippen LogP contribution in [0.4, 0.5) is 0 Å². The third-order valence-corrected chi connectivity index (χ3v) is 3.93. The minimum Gasteiger partial charge on any atom is -0.487 e. The molecular weight excluding hydrogens is 370 g/mol. The molecule has 0 spiro atoms. The van der Waals surface area contributed by atoms with Crippen LogP contribution in [0.2, 0.25) is 0 Å².